The number of aromatic nitrogens is 2. The molecule has 1 aromatic heterocycles. The molecule has 1 aromatic rings. The van der Waals surface area contributed by atoms with E-state index in [0.717, 1.165) is 13.0 Å². The fourth-order valence-electron chi connectivity index (χ4n) is 2.86. The second kappa shape index (κ2) is 10.9. The molecule has 140 valence electrons. The van der Waals surface area contributed by atoms with E-state index in [9.17, 15) is 0 Å². The number of nitrogens with zero attached hydrogens (tertiary/aromatic N) is 4. The first-order valence-electron chi connectivity index (χ1n) is 9.77. The Balaban J connectivity index is 2.29. The minimum atomic E-state index is 0.520. The van der Waals surface area contributed by atoms with Gasteiger partial charge in [0.15, 0.2) is 0 Å². The predicted molar refractivity (Wildman–Crippen MR) is 105 cm³/mol. The number of hydrogen-bond acceptors (Lipinski definition) is 3. The van der Waals surface area contributed by atoms with E-state index in [1.165, 1.54) is 37.9 Å². The quantitative estimate of drug-likeness (QED) is 0.529. The third-order valence-electron chi connectivity index (χ3n) is 5.16. The van der Waals surface area contributed by atoms with Gasteiger partial charge >= 0.3 is 0 Å². The van der Waals surface area contributed by atoms with Crippen LogP contribution in [0.2, 0.25) is 0 Å². The zero-order valence-electron chi connectivity index (χ0n) is 17.1. The van der Waals surface area contributed by atoms with Gasteiger partial charge in [0, 0.05) is 12.2 Å². The molecular weight excluding hydrogens is 296 g/mol. The van der Waals surface area contributed by atoms with E-state index in [0.29, 0.717) is 18.0 Å². The number of unbranched alkanes of at least 4 members (excludes halogenated alkanes) is 1. The van der Waals surface area contributed by atoms with E-state index in [-0.39, 0.29) is 0 Å². The molecule has 0 bridgehead atoms. The molecule has 0 spiro atoms. The van der Waals surface area contributed by atoms with Gasteiger partial charge in [-0.2, -0.15) is 5.10 Å². The molecule has 1 rings (SSSR count). The third kappa shape index (κ3) is 7.35. The molecule has 0 N–H and O–H groups in total. The molecule has 0 saturated heterocycles. The van der Waals surface area contributed by atoms with Crippen molar-refractivity contribution in [2.75, 3.05) is 33.7 Å². The van der Waals surface area contributed by atoms with Gasteiger partial charge in [-0.1, -0.05) is 20.8 Å². The summed E-state index contributed by atoms with van der Waals surface area (Å²) in [5.74, 6) is 0.558. The van der Waals surface area contributed by atoms with Crippen LogP contribution < -0.4 is 0 Å². The highest BCUT2D eigenvalue weighted by Gasteiger charge is 2.12. The topological polar surface area (TPSA) is 24.3 Å². The van der Waals surface area contributed by atoms with E-state index in [2.05, 4.69) is 74.5 Å². The summed E-state index contributed by atoms with van der Waals surface area (Å²) in [6.45, 7) is 14.8. The fourth-order valence-corrected chi connectivity index (χ4v) is 2.86. The molecule has 0 aliphatic rings. The summed E-state index contributed by atoms with van der Waals surface area (Å²) in [7, 11) is 4.47. The normalized spacial score (nSPS) is 13.6. The standard InChI is InChI=1S/C20H40N4/c1-8-20(24-16-19(15-21-24)17(2)3)11-14-22(6)12-9-10-13-23(7)18(4)5/h15-18,20H,8-14H2,1-7H3. The van der Waals surface area contributed by atoms with Crippen LogP contribution in [-0.2, 0) is 0 Å². The van der Waals surface area contributed by atoms with Gasteiger partial charge < -0.3 is 9.80 Å². The molecule has 0 amide bonds. The van der Waals surface area contributed by atoms with Crippen molar-refractivity contribution in [1.82, 2.24) is 19.6 Å². The first-order valence-corrected chi connectivity index (χ1v) is 9.77. The lowest BCUT2D eigenvalue weighted by Crippen LogP contribution is -2.28. The van der Waals surface area contributed by atoms with E-state index in [1.54, 1.807) is 0 Å². The van der Waals surface area contributed by atoms with Gasteiger partial charge in [0.2, 0.25) is 0 Å². The Morgan fingerprint density at radius 2 is 1.71 bits per heavy atom. The highest BCUT2D eigenvalue weighted by Crippen LogP contribution is 2.19. The fraction of sp³-hybridized carbons (Fsp3) is 0.850. The van der Waals surface area contributed by atoms with Crippen LogP contribution in [0.25, 0.3) is 0 Å². The summed E-state index contributed by atoms with van der Waals surface area (Å²) in [5, 5.41) is 4.59. The lowest BCUT2D eigenvalue weighted by molar-refractivity contribution is 0.249. The van der Waals surface area contributed by atoms with Gasteiger partial charge in [0.1, 0.15) is 0 Å². The minimum absolute atomic E-state index is 0.520. The Morgan fingerprint density at radius 3 is 2.25 bits per heavy atom. The highest BCUT2D eigenvalue weighted by molar-refractivity contribution is 5.09. The third-order valence-corrected chi connectivity index (χ3v) is 5.16. The van der Waals surface area contributed by atoms with Crippen LogP contribution >= 0.6 is 0 Å². The maximum atomic E-state index is 4.59. The van der Waals surface area contributed by atoms with Crippen molar-refractivity contribution >= 4 is 0 Å². The molecule has 1 heterocycles. The Morgan fingerprint density at radius 1 is 1.04 bits per heavy atom. The predicted octanol–water partition coefficient (Wildman–Crippen LogP) is 4.40. The zero-order valence-corrected chi connectivity index (χ0v) is 17.1. The van der Waals surface area contributed by atoms with Crippen molar-refractivity contribution in [3.63, 3.8) is 0 Å². The summed E-state index contributed by atoms with van der Waals surface area (Å²) >= 11 is 0. The zero-order chi connectivity index (χ0) is 18.1. The second-order valence-electron chi connectivity index (χ2n) is 7.84. The average molecular weight is 337 g/mol. The molecule has 0 aliphatic carbocycles. The second-order valence-corrected chi connectivity index (χ2v) is 7.84. The van der Waals surface area contributed by atoms with Crippen molar-refractivity contribution in [3.05, 3.63) is 18.0 Å². The number of hydrogen-bond donors (Lipinski definition) is 0. The molecule has 0 radical (unpaired) electrons. The van der Waals surface area contributed by atoms with E-state index < -0.39 is 0 Å². The maximum Gasteiger partial charge on any atom is 0.0528 e. The SMILES string of the molecule is CCC(CCN(C)CCCCN(C)C(C)C)n1cc(C(C)C)cn1. The summed E-state index contributed by atoms with van der Waals surface area (Å²) in [6.07, 6.45) is 9.16. The van der Waals surface area contributed by atoms with Crippen molar-refractivity contribution in [3.8, 4) is 0 Å². The Hall–Kier alpha value is -0.870. The van der Waals surface area contributed by atoms with Crippen LogP contribution in [0.4, 0.5) is 0 Å². The van der Waals surface area contributed by atoms with E-state index in [1.807, 2.05) is 6.20 Å². The molecule has 1 atom stereocenters. The molecule has 4 nitrogen and oxygen atoms in total. The molecule has 4 heteroatoms. The first-order chi connectivity index (χ1) is 11.3. The van der Waals surface area contributed by atoms with Crippen molar-refractivity contribution in [2.45, 2.75) is 78.3 Å². The van der Waals surface area contributed by atoms with Gasteiger partial charge in [0.25, 0.3) is 0 Å². The molecule has 0 aliphatic heterocycles. The maximum absolute atomic E-state index is 4.59. The van der Waals surface area contributed by atoms with Crippen LogP contribution in [0.5, 0.6) is 0 Å². The Labute approximate surface area is 150 Å². The van der Waals surface area contributed by atoms with Crippen LogP contribution in [0.15, 0.2) is 12.4 Å². The lowest BCUT2D eigenvalue weighted by Gasteiger charge is -2.23. The van der Waals surface area contributed by atoms with Crippen LogP contribution in [0.3, 0.4) is 0 Å². The van der Waals surface area contributed by atoms with Crippen LogP contribution in [0.1, 0.15) is 77.8 Å². The molecule has 1 unspecified atom stereocenters. The smallest absolute Gasteiger partial charge is 0.0528 e. The lowest BCUT2D eigenvalue weighted by atomic mass is 10.1. The molecule has 0 fully saturated rings. The van der Waals surface area contributed by atoms with Gasteiger partial charge in [-0.25, -0.2) is 0 Å². The molecule has 24 heavy (non-hydrogen) atoms. The van der Waals surface area contributed by atoms with Crippen molar-refractivity contribution < 1.29 is 0 Å². The van der Waals surface area contributed by atoms with Crippen LogP contribution in [-0.4, -0.2) is 59.4 Å². The van der Waals surface area contributed by atoms with Gasteiger partial charge in [-0.05, 0) is 84.7 Å². The summed E-state index contributed by atoms with van der Waals surface area (Å²) in [6, 6.07) is 1.17. The monoisotopic (exact) mass is 336 g/mol. The first kappa shape index (κ1) is 21.2. The van der Waals surface area contributed by atoms with E-state index in [4.69, 9.17) is 0 Å². The summed E-state index contributed by atoms with van der Waals surface area (Å²) in [4.78, 5) is 4.90. The van der Waals surface area contributed by atoms with Gasteiger partial charge in [0.05, 0.1) is 12.2 Å². The molecule has 0 saturated carbocycles. The van der Waals surface area contributed by atoms with Crippen molar-refractivity contribution in [1.29, 1.82) is 0 Å². The number of rotatable bonds is 12. The minimum Gasteiger partial charge on any atom is -0.306 e. The van der Waals surface area contributed by atoms with Gasteiger partial charge in [-0.3, -0.25) is 4.68 Å². The van der Waals surface area contributed by atoms with Crippen LogP contribution in [0, 0.1) is 0 Å². The summed E-state index contributed by atoms with van der Waals surface area (Å²) in [5.41, 5.74) is 1.34. The average Bonchev–Trinajstić information content (AvgIpc) is 3.02. The summed E-state index contributed by atoms with van der Waals surface area (Å²) < 4.78 is 2.18. The largest absolute Gasteiger partial charge is 0.306 e. The Bertz CT molecular complexity index is 439. The van der Waals surface area contributed by atoms with Crippen molar-refractivity contribution in [2.24, 2.45) is 0 Å². The highest BCUT2D eigenvalue weighted by atomic mass is 15.3. The molecule has 0 aromatic carbocycles. The van der Waals surface area contributed by atoms with E-state index >= 15 is 0 Å². The van der Waals surface area contributed by atoms with Gasteiger partial charge in [-0.15, -0.1) is 0 Å². The Kier molecular flexibility index (Phi) is 9.60. The molecular formula is C20H40N4.